The van der Waals surface area contributed by atoms with Crippen LogP contribution in [0.25, 0.3) is 0 Å². The zero-order chi connectivity index (χ0) is 32.1. The maximum Gasteiger partial charge on any atom is 0.407 e. The number of nitrogens with one attached hydrogen (secondary N) is 3. The van der Waals surface area contributed by atoms with Gasteiger partial charge in [0.2, 0.25) is 5.91 Å². The molecule has 9 nitrogen and oxygen atoms in total. The minimum absolute atomic E-state index is 0.0404. The van der Waals surface area contributed by atoms with Crippen molar-refractivity contribution < 1.29 is 23.8 Å². The highest BCUT2D eigenvalue weighted by molar-refractivity contribution is 5.98. The summed E-state index contributed by atoms with van der Waals surface area (Å²) in [5.74, 6) is -0.124. The van der Waals surface area contributed by atoms with E-state index < -0.39 is 18.1 Å². The lowest BCUT2D eigenvalue weighted by Crippen LogP contribution is -2.48. The third-order valence-corrected chi connectivity index (χ3v) is 7.95. The number of aryl methyl sites for hydroxylation is 1. The zero-order valence-corrected chi connectivity index (χ0v) is 25.7. The Morgan fingerprint density at radius 1 is 0.891 bits per heavy atom. The molecule has 46 heavy (non-hydrogen) atoms. The van der Waals surface area contributed by atoms with Gasteiger partial charge in [-0.1, -0.05) is 78.9 Å². The summed E-state index contributed by atoms with van der Waals surface area (Å²) in [5, 5.41) is 18.3. The predicted octanol–water partition coefficient (Wildman–Crippen LogP) is 5.42. The molecule has 5 rings (SSSR count). The molecule has 1 aliphatic heterocycles. The minimum Gasteiger partial charge on any atom is -0.491 e. The number of benzene rings is 4. The molecular weight excluding hydrogens is 580 g/mol. The number of para-hydroxylation sites is 1. The Morgan fingerprint density at radius 2 is 1.52 bits per heavy atom. The average molecular weight is 619 g/mol. The van der Waals surface area contributed by atoms with Crippen LogP contribution in [-0.2, 0) is 20.7 Å². The number of nitriles is 1. The molecule has 1 heterocycles. The number of carbonyl (C=O) groups excluding carboxylic acids is 2. The monoisotopic (exact) mass is 618 g/mol. The van der Waals surface area contributed by atoms with E-state index in [0.29, 0.717) is 43.1 Å². The van der Waals surface area contributed by atoms with Gasteiger partial charge in [-0.2, -0.15) is 5.26 Å². The molecule has 4 aromatic carbocycles. The van der Waals surface area contributed by atoms with E-state index in [1.54, 1.807) is 24.3 Å². The average Bonchev–Trinajstić information content (AvgIpc) is 3.11. The number of methoxy groups -OCH3 is 1. The fourth-order valence-electron chi connectivity index (χ4n) is 5.63. The van der Waals surface area contributed by atoms with Crippen LogP contribution >= 0.6 is 0 Å². The van der Waals surface area contributed by atoms with E-state index in [-0.39, 0.29) is 18.1 Å². The highest BCUT2D eigenvalue weighted by Gasteiger charge is 2.33. The molecule has 1 fully saturated rings. The first-order chi connectivity index (χ1) is 22.5. The number of alkyl carbamates (subject to hydrolysis) is 1. The van der Waals surface area contributed by atoms with E-state index in [0.717, 1.165) is 23.1 Å². The lowest BCUT2D eigenvalue weighted by atomic mass is 9.84. The second-order valence-corrected chi connectivity index (χ2v) is 11.1. The lowest BCUT2D eigenvalue weighted by Gasteiger charge is -2.31. The van der Waals surface area contributed by atoms with Crippen molar-refractivity contribution in [1.29, 1.82) is 5.26 Å². The van der Waals surface area contributed by atoms with Gasteiger partial charge >= 0.3 is 6.09 Å². The minimum atomic E-state index is -0.951. The molecule has 3 atom stereocenters. The fraction of sp³-hybridized carbons (Fsp3) is 0.270. The van der Waals surface area contributed by atoms with Crippen LogP contribution in [0.4, 0.5) is 10.5 Å². The molecule has 0 spiro atoms. The van der Waals surface area contributed by atoms with Crippen LogP contribution < -0.4 is 20.7 Å². The quantitative estimate of drug-likeness (QED) is 0.194. The first-order valence-electron chi connectivity index (χ1n) is 15.4. The second kappa shape index (κ2) is 16.2. The molecule has 0 saturated carbocycles. The van der Waals surface area contributed by atoms with Gasteiger partial charge in [-0.05, 0) is 59.9 Å². The van der Waals surface area contributed by atoms with Crippen LogP contribution in [0.5, 0.6) is 5.75 Å². The van der Waals surface area contributed by atoms with E-state index in [9.17, 15) is 9.59 Å². The molecule has 0 aliphatic carbocycles. The molecule has 4 aromatic rings. The van der Waals surface area contributed by atoms with Gasteiger partial charge in [-0.25, -0.2) is 4.79 Å². The number of hydrogen-bond donors (Lipinski definition) is 3. The number of ether oxygens (including phenoxy) is 3. The molecule has 0 bridgehead atoms. The van der Waals surface area contributed by atoms with Crippen LogP contribution in [0.1, 0.15) is 34.6 Å². The third-order valence-electron chi connectivity index (χ3n) is 7.95. The normalized spacial score (nSPS) is 16.5. The number of carbonyl (C=O) groups is 2. The summed E-state index contributed by atoms with van der Waals surface area (Å²) in [6, 6.07) is 35.2. The van der Waals surface area contributed by atoms with Crippen molar-refractivity contribution in [3.63, 3.8) is 0 Å². The Balaban J connectivity index is 1.26. The Morgan fingerprint density at radius 3 is 2.17 bits per heavy atom. The van der Waals surface area contributed by atoms with Crippen LogP contribution in [0.2, 0.25) is 0 Å². The number of hydrogen-bond acceptors (Lipinski definition) is 7. The standard InChI is InChI=1S/C37H38N4O5/c1-44-37(43)41-35(34(28-11-4-2-5-12-28)29-13-6-3-7-14-29)36(42)40-33-15-9-8-10-27(33)18-21-31-23-39-24-32(46-31)25-45-30-19-16-26(22-38)17-20-30/h2-17,19-20,31-32,34-35,39H,18,21,23-25H2,1H3,(H,40,42)(H,41,43)/t31?,32-,35-/m0/s1. The van der Waals surface area contributed by atoms with Gasteiger partial charge in [0.25, 0.3) is 0 Å². The summed E-state index contributed by atoms with van der Waals surface area (Å²) < 4.78 is 17.2. The molecule has 236 valence electrons. The maximum atomic E-state index is 14.0. The van der Waals surface area contributed by atoms with E-state index in [1.807, 2.05) is 84.9 Å². The molecule has 3 N–H and O–H groups in total. The Bertz CT molecular complexity index is 1570. The van der Waals surface area contributed by atoms with E-state index in [2.05, 4.69) is 22.0 Å². The van der Waals surface area contributed by atoms with Crippen LogP contribution in [0, 0.1) is 11.3 Å². The summed E-state index contributed by atoms with van der Waals surface area (Å²) in [6.45, 7) is 1.78. The largest absolute Gasteiger partial charge is 0.491 e. The van der Waals surface area contributed by atoms with Gasteiger partial charge in [0.15, 0.2) is 0 Å². The van der Waals surface area contributed by atoms with Crippen LogP contribution in [0.15, 0.2) is 109 Å². The molecule has 0 radical (unpaired) electrons. The maximum absolute atomic E-state index is 14.0. The number of morpholine rings is 1. The number of rotatable bonds is 12. The summed E-state index contributed by atoms with van der Waals surface area (Å²) in [7, 11) is 1.28. The summed E-state index contributed by atoms with van der Waals surface area (Å²) in [4.78, 5) is 26.5. The van der Waals surface area contributed by atoms with Gasteiger partial charge in [0, 0.05) is 24.7 Å². The molecule has 2 amide bonds. The molecule has 1 unspecified atom stereocenters. The fourth-order valence-corrected chi connectivity index (χ4v) is 5.63. The second-order valence-electron chi connectivity index (χ2n) is 11.1. The highest BCUT2D eigenvalue weighted by Crippen LogP contribution is 2.30. The SMILES string of the molecule is COC(=O)N[C@H](C(=O)Nc1ccccc1CCC1CNC[C@@H](COc2ccc(C#N)cc2)O1)C(c1ccccc1)c1ccccc1. The molecule has 1 saturated heterocycles. The van der Waals surface area contributed by atoms with Gasteiger partial charge in [-0.3, -0.25) is 4.79 Å². The zero-order valence-electron chi connectivity index (χ0n) is 25.7. The smallest absolute Gasteiger partial charge is 0.407 e. The number of nitrogens with zero attached hydrogens (tertiary/aromatic N) is 1. The molecule has 0 aromatic heterocycles. The van der Waals surface area contributed by atoms with Gasteiger partial charge in [0.1, 0.15) is 24.5 Å². The van der Waals surface area contributed by atoms with Crippen molar-refractivity contribution in [2.75, 3.05) is 32.1 Å². The lowest BCUT2D eigenvalue weighted by molar-refractivity contribution is -0.118. The summed E-state index contributed by atoms with van der Waals surface area (Å²) in [6.07, 6.45) is 0.545. The van der Waals surface area contributed by atoms with Crippen molar-refractivity contribution in [3.05, 3.63) is 131 Å². The predicted molar refractivity (Wildman–Crippen MR) is 176 cm³/mol. The van der Waals surface area contributed by atoms with E-state index in [4.69, 9.17) is 19.5 Å². The van der Waals surface area contributed by atoms with E-state index >= 15 is 0 Å². The van der Waals surface area contributed by atoms with Crippen molar-refractivity contribution in [1.82, 2.24) is 10.6 Å². The number of anilines is 1. The third kappa shape index (κ3) is 8.72. The first-order valence-corrected chi connectivity index (χ1v) is 15.4. The van der Waals surface area contributed by atoms with Gasteiger partial charge in [-0.15, -0.1) is 0 Å². The molecule has 1 aliphatic rings. The van der Waals surface area contributed by atoms with Gasteiger partial charge < -0.3 is 30.2 Å². The van der Waals surface area contributed by atoms with Crippen LogP contribution in [0.3, 0.4) is 0 Å². The van der Waals surface area contributed by atoms with Gasteiger partial charge in [0.05, 0.1) is 24.8 Å². The summed E-state index contributed by atoms with van der Waals surface area (Å²) in [5.41, 5.74) is 4.00. The highest BCUT2D eigenvalue weighted by atomic mass is 16.5. The summed E-state index contributed by atoms with van der Waals surface area (Å²) >= 11 is 0. The van der Waals surface area contributed by atoms with Crippen molar-refractivity contribution in [3.8, 4) is 11.8 Å². The Hall–Kier alpha value is -5.17. The topological polar surface area (TPSA) is 122 Å². The number of amides is 2. The van der Waals surface area contributed by atoms with Crippen LogP contribution in [-0.4, -0.2) is 57.1 Å². The Kier molecular flexibility index (Phi) is 11.4. The van der Waals surface area contributed by atoms with Crippen molar-refractivity contribution in [2.24, 2.45) is 0 Å². The van der Waals surface area contributed by atoms with Crippen molar-refractivity contribution >= 4 is 17.7 Å². The Labute approximate surface area is 269 Å². The van der Waals surface area contributed by atoms with Crippen molar-refractivity contribution in [2.45, 2.75) is 37.0 Å². The first kappa shape index (κ1) is 32.2. The van der Waals surface area contributed by atoms with E-state index in [1.165, 1.54) is 7.11 Å². The molecular formula is C37H38N4O5. The molecule has 9 heteroatoms.